The molecule has 21 atom stereocenters. The molecule has 1 unspecified atom stereocenters. The van der Waals surface area contributed by atoms with Crippen LogP contribution in [0, 0.1) is 0 Å². The quantitative estimate of drug-likeness (QED) is 0.0188. The van der Waals surface area contributed by atoms with Gasteiger partial charge in [0.1, 0.15) is 129 Å². The lowest BCUT2D eigenvalue weighted by atomic mass is 9.86. The molecule has 6 bridgehead atoms. The maximum absolute atomic E-state index is 11.6. The van der Waals surface area contributed by atoms with Gasteiger partial charge in [0.25, 0.3) is 0 Å². The van der Waals surface area contributed by atoms with Gasteiger partial charge in [-0.15, -0.1) is 0 Å². The van der Waals surface area contributed by atoms with E-state index in [1.165, 1.54) is 20.8 Å². The molecule has 117 heavy (non-hydrogen) atoms. The number of carbonyl (C=O) groups excluding carboxylic acids is 3. The van der Waals surface area contributed by atoms with Crippen molar-refractivity contribution in [2.75, 3.05) is 40.1 Å². The average Bonchev–Trinajstić information content (AvgIpc) is 1.60. The minimum absolute atomic E-state index is 0.0577. The Hall–Kier alpha value is -5.93. The van der Waals surface area contributed by atoms with Gasteiger partial charge in [-0.25, -0.2) is 0 Å². The maximum atomic E-state index is 11.6. The van der Waals surface area contributed by atoms with Gasteiger partial charge in [-0.05, 0) is 72.8 Å². The molecule has 5 aromatic carbocycles. The van der Waals surface area contributed by atoms with Crippen LogP contribution < -0.4 is 0 Å². The Balaban J connectivity index is 0.000000194. The van der Waals surface area contributed by atoms with Crippen LogP contribution in [0.25, 0.3) is 0 Å². The van der Waals surface area contributed by atoms with Crippen LogP contribution in [0.15, 0.2) is 152 Å². The number of esters is 3. The fraction of sp³-hybridized carbons (Fsp3) is 0.621. The van der Waals surface area contributed by atoms with Gasteiger partial charge < -0.3 is 106 Å². The van der Waals surface area contributed by atoms with Crippen LogP contribution in [0.2, 0.25) is 0 Å². The Kier molecular flexibility index (Phi) is 39.4. The lowest BCUT2D eigenvalue weighted by molar-refractivity contribution is -0.205. The molecule has 9 aliphatic heterocycles. The number of fused-ring (bicyclic) bond motifs is 6. The van der Waals surface area contributed by atoms with E-state index in [9.17, 15) is 29.7 Å². The summed E-state index contributed by atoms with van der Waals surface area (Å²) in [5, 5.41) is 45.0. The maximum Gasteiger partial charge on any atom is 0.305 e. The number of aliphatic hydroxyl groups excluding tert-OH is 5. The third kappa shape index (κ3) is 24.3. The number of hydrogen-bond acceptors (Lipinski definition) is 25. The molecule has 5 aromatic rings. The molecule has 0 aliphatic carbocycles. The second kappa shape index (κ2) is 46.9. The van der Waals surface area contributed by atoms with Gasteiger partial charge in [-0.1, -0.05) is 214 Å². The Labute approximate surface area is 698 Å². The Morgan fingerprint density at radius 2 is 0.650 bits per heavy atom. The summed E-state index contributed by atoms with van der Waals surface area (Å²) in [7, 11) is 30.0. The van der Waals surface area contributed by atoms with Crippen molar-refractivity contribution in [3.05, 3.63) is 179 Å². The molecule has 14 rings (SSSR count). The molecule has 0 amide bonds. The largest absolute Gasteiger partial charge is 0.458 e. The fourth-order valence-electron chi connectivity index (χ4n) is 15.9. The molecule has 10 radical (unpaired) electrons. The van der Waals surface area contributed by atoms with Crippen molar-refractivity contribution in [2.24, 2.45) is 0 Å². The van der Waals surface area contributed by atoms with E-state index in [-0.39, 0.29) is 74.0 Å². The third-order valence-corrected chi connectivity index (χ3v) is 22.6. The van der Waals surface area contributed by atoms with Crippen molar-refractivity contribution in [3.63, 3.8) is 0 Å². The first kappa shape index (κ1) is 98.2. The molecule has 9 heterocycles. The molecule has 0 saturated carbocycles. The zero-order valence-electron chi connectivity index (χ0n) is 70.1. The van der Waals surface area contributed by atoms with Crippen LogP contribution in [0.4, 0.5) is 0 Å². The van der Waals surface area contributed by atoms with E-state index in [2.05, 4.69) is 19.1 Å². The van der Waals surface area contributed by atoms with Crippen molar-refractivity contribution in [1.82, 2.24) is 0 Å². The SMILES string of the molecule is CC.CCC1(CC)OC(OC(C)=O)[C@H](OC(C)=O)[C@@H]1OCc1ccccc1.CO.[B][C@@H]1OC(CC)(CC)[C@@H](OCc2ccccc2)[C@H]1O.[B][C@@H]1OC(CC)(CC)[C@@H](OCc2ccccc2)[C@H]1OC(C)=O.[B][C@@H]1O[C@@]2(CC)CO[C@@H]1[C@@H]2OCc1ccccc1.[B][C@@H]1O[C@@]2(CO)CO[C@@H]1[C@@H]2O.[B][C@@H]1O[C@@]2(CO)CO[C@@H]1[C@@H]2OCc1ccccc1. The zero-order chi connectivity index (χ0) is 85.7. The van der Waals surface area contributed by atoms with Crippen molar-refractivity contribution >= 4 is 57.1 Å². The highest BCUT2D eigenvalue weighted by molar-refractivity contribution is 6.13. The van der Waals surface area contributed by atoms with E-state index in [1.807, 2.05) is 195 Å². The van der Waals surface area contributed by atoms with Crippen LogP contribution in [0.5, 0.6) is 0 Å². The van der Waals surface area contributed by atoms with E-state index < -0.39 is 107 Å². The molecular weight excluding hydrogens is 1500 g/mol. The molecular formula is C87H121B5O25. The smallest absolute Gasteiger partial charge is 0.305 e. The van der Waals surface area contributed by atoms with Gasteiger partial charge in [0.2, 0.25) is 6.29 Å². The normalized spacial score (nSPS) is 32.2. The lowest BCUT2D eigenvalue weighted by Gasteiger charge is -2.33. The van der Waals surface area contributed by atoms with Gasteiger partial charge >= 0.3 is 17.9 Å². The Morgan fingerprint density at radius 3 is 0.983 bits per heavy atom. The topological polar surface area (TPSA) is 309 Å². The predicted molar refractivity (Wildman–Crippen MR) is 439 cm³/mol. The van der Waals surface area contributed by atoms with Crippen LogP contribution in [-0.4, -0.2) is 266 Å². The summed E-state index contributed by atoms with van der Waals surface area (Å²) in [5.74, 6) is -1.34. The van der Waals surface area contributed by atoms with Gasteiger partial charge in [0.05, 0.1) is 83.3 Å². The van der Waals surface area contributed by atoms with Gasteiger partial charge in [0, 0.05) is 51.9 Å². The van der Waals surface area contributed by atoms with E-state index >= 15 is 0 Å². The molecule has 9 fully saturated rings. The number of hydrogen-bond donors (Lipinski definition) is 5. The van der Waals surface area contributed by atoms with E-state index in [0.29, 0.717) is 59.1 Å². The molecule has 0 spiro atoms. The van der Waals surface area contributed by atoms with Gasteiger partial charge in [-0.3, -0.25) is 14.4 Å². The summed E-state index contributed by atoms with van der Waals surface area (Å²) in [6.45, 7) is 25.2. The summed E-state index contributed by atoms with van der Waals surface area (Å²) >= 11 is 0. The van der Waals surface area contributed by atoms with Crippen molar-refractivity contribution in [1.29, 1.82) is 0 Å². The predicted octanol–water partition coefficient (Wildman–Crippen LogP) is 8.09. The van der Waals surface area contributed by atoms with Crippen LogP contribution in [0.3, 0.4) is 0 Å². The summed E-state index contributed by atoms with van der Waals surface area (Å²) < 4.78 is 96.6. The first-order valence-corrected chi connectivity index (χ1v) is 40.8. The summed E-state index contributed by atoms with van der Waals surface area (Å²) in [6.07, 6.45) is -1.29. The third-order valence-electron chi connectivity index (χ3n) is 22.6. The summed E-state index contributed by atoms with van der Waals surface area (Å²) in [5.41, 5.74) is 1.59. The molecule has 9 saturated heterocycles. The number of benzene rings is 5. The highest BCUT2D eigenvalue weighted by atomic mass is 16.8. The Morgan fingerprint density at radius 1 is 0.359 bits per heavy atom. The lowest BCUT2D eigenvalue weighted by Crippen LogP contribution is -2.45. The summed E-state index contributed by atoms with van der Waals surface area (Å²) in [4.78, 5) is 34.3. The molecule has 0 aromatic heterocycles. The first-order valence-electron chi connectivity index (χ1n) is 40.8. The first-order chi connectivity index (χ1) is 56.3. The van der Waals surface area contributed by atoms with Gasteiger partial charge in [0.15, 0.2) is 6.10 Å². The van der Waals surface area contributed by atoms with Crippen LogP contribution >= 0.6 is 0 Å². The van der Waals surface area contributed by atoms with Crippen molar-refractivity contribution in [2.45, 2.75) is 304 Å². The van der Waals surface area contributed by atoms with Gasteiger partial charge in [-0.2, -0.15) is 0 Å². The molecule has 25 nitrogen and oxygen atoms in total. The van der Waals surface area contributed by atoms with Crippen molar-refractivity contribution in [3.8, 4) is 0 Å². The summed E-state index contributed by atoms with van der Waals surface area (Å²) in [6, 6.07) is 46.7. The fourth-order valence-corrected chi connectivity index (χ4v) is 15.9. The van der Waals surface area contributed by atoms with E-state index in [0.717, 1.165) is 67.0 Å². The van der Waals surface area contributed by atoms with Crippen LogP contribution in [0.1, 0.15) is 156 Å². The van der Waals surface area contributed by atoms with Crippen LogP contribution in [-0.2, 0) is 128 Å². The average molecular weight is 1620 g/mol. The molecule has 634 valence electrons. The number of aliphatic hydroxyl groups is 5. The molecule has 30 heteroatoms. The standard InChI is InChI=1S/C19H26O6.C17H23BO4.C15H21BO3.C14H17BO3.C13H15BO4.C6H9BO4.C2H6.CH4O/c1-5-19(6-2)17(22-12-15-10-8-7-9-11-15)16(23-13(3)20)18(25-19)24-14(4)21;1-4-17(5-2)15(14(16(18)22-17)21-12(3)19)20-11-13-9-7-6-8-10-13;1-3-15(4-2)13(12(17)14(16)19-15)18-10-11-8-6-5-7-9-11;1-2-14-9-17-11(13(15)18-14)12(14)16-8-10-6-4-3-5-7-10;14-12-10-11(13(7-15,18-12)8-17-10)16-6-9-4-2-1-3-5-9;7-5-3-4(9)6(1-8,11-5)2-10-3;2*1-2/h7-11,16-18H,5-6,12H2,1-4H3;6-10,14-16H,4-5,11H2,1-3H3;5-9,12-14,17H,3-4,10H2,1-2H3;3-7,11-13H,2,8-9H2,1H3;1-5,10-12,15H,6-8H2;3-5,8-9H,1-2H2;1-2H3;2H,1H3/t16-,17+,18?;14-,15+,16-;12-,13+,14-;11-,12+,13-,14+;10-,11+,12-,13+;3-,4+,5-,6+;;/m111111../s1. The highest BCUT2D eigenvalue weighted by Gasteiger charge is 2.63. The van der Waals surface area contributed by atoms with Crippen molar-refractivity contribution < 1.29 is 120 Å². The number of ether oxygens (including phenoxy) is 17. The monoisotopic (exact) mass is 1620 g/mol. The second-order valence-corrected chi connectivity index (χ2v) is 29.7. The van der Waals surface area contributed by atoms with E-state index in [4.69, 9.17) is 130 Å². The Bertz CT molecular complexity index is 3580. The number of rotatable bonds is 27. The highest BCUT2D eigenvalue weighted by Crippen LogP contribution is 2.46. The molecule has 9 aliphatic rings. The number of carbonyl (C=O) groups is 3. The molecule has 5 N–H and O–H groups in total. The zero-order valence-corrected chi connectivity index (χ0v) is 70.1. The minimum Gasteiger partial charge on any atom is -0.458 e. The van der Waals surface area contributed by atoms with E-state index in [1.54, 1.807) is 0 Å². The minimum atomic E-state index is -0.970. The second-order valence-electron chi connectivity index (χ2n) is 29.7.